The molecule has 1 nitrogen and oxygen atoms in total. The van der Waals surface area contributed by atoms with Crippen LogP contribution in [0.1, 0.15) is 39.2 Å². The highest BCUT2D eigenvalue weighted by atomic mass is 79.9. The first-order valence-corrected chi connectivity index (χ1v) is 8.25. The number of hydrogen-bond donors (Lipinski definition) is 0. The fourth-order valence-corrected chi connectivity index (χ4v) is 2.87. The van der Waals surface area contributed by atoms with E-state index in [-0.39, 0.29) is 0 Å². The standard InChI is InChI=1S/C15H23BrClN/c1-4-12(5-2)11-18(6-3)15-8-7-14(17)9-13(15)10-16/h7-9,12H,4-6,10-11H2,1-3H3. The fraction of sp³-hybridized carbons (Fsp3) is 0.600. The van der Waals surface area contributed by atoms with Gasteiger partial charge in [-0.1, -0.05) is 54.2 Å². The van der Waals surface area contributed by atoms with Crippen molar-refractivity contribution in [2.75, 3.05) is 18.0 Å². The van der Waals surface area contributed by atoms with E-state index >= 15 is 0 Å². The van der Waals surface area contributed by atoms with Crippen LogP contribution in [0.4, 0.5) is 5.69 Å². The number of hydrogen-bond acceptors (Lipinski definition) is 1. The van der Waals surface area contributed by atoms with Gasteiger partial charge in [-0.3, -0.25) is 0 Å². The van der Waals surface area contributed by atoms with E-state index in [0.717, 1.165) is 29.4 Å². The van der Waals surface area contributed by atoms with Crippen molar-refractivity contribution in [1.29, 1.82) is 0 Å². The molecule has 0 heterocycles. The molecule has 0 saturated heterocycles. The van der Waals surface area contributed by atoms with Crippen LogP contribution >= 0.6 is 27.5 Å². The molecular formula is C15H23BrClN. The van der Waals surface area contributed by atoms with Gasteiger partial charge >= 0.3 is 0 Å². The first kappa shape index (κ1) is 15.8. The molecule has 0 aromatic heterocycles. The third kappa shape index (κ3) is 4.17. The van der Waals surface area contributed by atoms with Crippen LogP contribution in [-0.4, -0.2) is 13.1 Å². The summed E-state index contributed by atoms with van der Waals surface area (Å²) in [6.07, 6.45) is 2.48. The summed E-state index contributed by atoms with van der Waals surface area (Å²) in [7, 11) is 0. The molecule has 0 bridgehead atoms. The first-order chi connectivity index (χ1) is 8.65. The van der Waals surface area contributed by atoms with Crippen molar-refractivity contribution < 1.29 is 0 Å². The van der Waals surface area contributed by atoms with Crippen LogP contribution in [0.2, 0.25) is 5.02 Å². The summed E-state index contributed by atoms with van der Waals surface area (Å²) < 4.78 is 0. The number of alkyl halides is 1. The van der Waals surface area contributed by atoms with Gasteiger partial charge in [-0.05, 0) is 36.6 Å². The minimum Gasteiger partial charge on any atom is -0.371 e. The first-order valence-electron chi connectivity index (χ1n) is 6.75. The van der Waals surface area contributed by atoms with Gasteiger partial charge in [0.1, 0.15) is 0 Å². The number of halogens is 2. The van der Waals surface area contributed by atoms with E-state index in [0.29, 0.717) is 0 Å². The number of nitrogens with zero attached hydrogens (tertiary/aromatic N) is 1. The maximum absolute atomic E-state index is 6.06. The molecule has 1 rings (SSSR count). The highest BCUT2D eigenvalue weighted by Gasteiger charge is 2.13. The van der Waals surface area contributed by atoms with Crippen molar-refractivity contribution in [3.8, 4) is 0 Å². The van der Waals surface area contributed by atoms with Gasteiger partial charge in [-0.15, -0.1) is 0 Å². The molecule has 0 N–H and O–H groups in total. The lowest BCUT2D eigenvalue weighted by Crippen LogP contribution is -2.29. The second-order valence-corrected chi connectivity index (χ2v) is 5.62. The summed E-state index contributed by atoms with van der Waals surface area (Å²) in [5, 5.41) is 1.66. The molecule has 0 unspecified atom stereocenters. The Labute approximate surface area is 125 Å². The Balaban J connectivity index is 2.93. The lowest BCUT2D eigenvalue weighted by molar-refractivity contribution is 0.486. The molecule has 1 aromatic rings. The predicted molar refractivity (Wildman–Crippen MR) is 86.0 cm³/mol. The normalized spacial score (nSPS) is 11.0. The van der Waals surface area contributed by atoms with Crippen LogP contribution < -0.4 is 4.90 Å². The Kier molecular flexibility index (Phi) is 7.10. The molecule has 0 aliphatic carbocycles. The highest BCUT2D eigenvalue weighted by Crippen LogP contribution is 2.27. The second-order valence-electron chi connectivity index (χ2n) is 4.63. The van der Waals surface area contributed by atoms with Crippen LogP contribution in [0, 0.1) is 5.92 Å². The van der Waals surface area contributed by atoms with E-state index in [1.165, 1.54) is 24.1 Å². The zero-order valence-corrected chi connectivity index (χ0v) is 13.9. The van der Waals surface area contributed by atoms with Crippen molar-refractivity contribution >= 4 is 33.2 Å². The quantitative estimate of drug-likeness (QED) is 0.596. The zero-order valence-electron chi connectivity index (χ0n) is 11.5. The minimum atomic E-state index is 0.767. The highest BCUT2D eigenvalue weighted by molar-refractivity contribution is 9.08. The summed E-state index contributed by atoms with van der Waals surface area (Å²) in [4.78, 5) is 2.46. The SMILES string of the molecule is CCC(CC)CN(CC)c1ccc(Cl)cc1CBr. The van der Waals surface area contributed by atoms with Gasteiger partial charge in [0.2, 0.25) is 0 Å². The Morgan fingerprint density at radius 1 is 1.22 bits per heavy atom. The van der Waals surface area contributed by atoms with E-state index in [4.69, 9.17) is 11.6 Å². The van der Waals surface area contributed by atoms with Gasteiger partial charge in [0, 0.05) is 29.1 Å². The summed E-state index contributed by atoms with van der Waals surface area (Å²) in [5.41, 5.74) is 2.58. The van der Waals surface area contributed by atoms with Gasteiger partial charge < -0.3 is 4.90 Å². The second kappa shape index (κ2) is 8.06. The molecule has 0 radical (unpaired) electrons. The van der Waals surface area contributed by atoms with Gasteiger partial charge in [-0.25, -0.2) is 0 Å². The summed E-state index contributed by atoms with van der Waals surface area (Å²) in [6.45, 7) is 8.93. The van der Waals surface area contributed by atoms with E-state index in [2.05, 4.69) is 53.7 Å². The molecule has 18 heavy (non-hydrogen) atoms. The zero-order chi connectivity index (χ0) is 13.5. The maximum atomic E-state index is 6.06. The number of benzene rings is 1. The summed E-state index contributed by atoms with van der Waals surface area (Å²) in [6, 6.07) is 6.19. The molecule has 3 heteroatoms. The summed E-state index contributed by atoms with van der Waals surface area (Å²) >= 11 is 9.62. The Morgan fingerprint density at radius 2 is 1.89 bits per heavy atom. The van der Waals surface area contributed by atoms with Crippen molar-refractivity contribution in [1.82, 2.24) is 0 Å². The maximum Gasteiger partial charge on any atom is 0.0410 e. The van der Waals surface area contributed by atoms with Gasteiger partial charge in [0.25, 0.3) is 0 Å². The average molecular weight is 333 g/mol. The van der Waals surface area contributed by atoms with E-state index in [9.17, 15) is 0 Å². The molecule has 0 atom stereocenters. The van der Waals surface area contributed by atoms with E-state index < -0.39 is 0 Å². The Hall–Kier alpha value is -0.210. The monoisotopic (exact) mass is 331 g/mol. The average Bonchev–Trinajstić information content (AvgIpc) is 2.41. The van der Waals surface area contributed by atoms with Gasteiger partial charge in [0.05, 0.1) is 0 Å². The minimum absolute atomic E-state index is 0.767. The smallest absolute Gasteiger partial charge is 0.0410 e. The third-order valence-corrected chi connectivity index (χ3v) is 4.38. The van der Waals surface area contributed by atoms with Gasteiger partial charge in [-0.2, -0.15) is 0 Å². The predicted octanol–water partition coefficient (Wildman–Crippen LogP) is 5.50. The molecule has 0 aliphatic heterocycles. The van der Waals surface area contributed by atoms with Crippen LogP contribution in [0.3, 0.4) is 0 Å². The fourth-order valence-electron chi connectivity index (χ4n) is 2.23. The van der Waals surface area contributed by atoms with Crippen molar-refractivity contribution in [3.05, 3.63) is 28.8 Å². The Morgan fingerprint density at radius 3 is 2.39 bits per heavy atom. The van der Waals surface area contributed by atoms with E-state index in [1.54, 1.807) is 0 Å². The third-order valence-electron chi connectivity index (χ3n) is 3.54. The van der Waals surface area contributed by atoms with Crippen molar-refractivity contribution in [2.24, 2.45) is 5.92 Å². The molecule has 0 aliphatic rings. The van der Waals surface area contributed by atoms with Crippen LogP contribution in [0.5, 0.6) is 0 Å². The molecule has 1 aromatic carbocycles. The lowest BCUT2D eigenvalue weighted by atomic mass is 10.0. The van der Waals surface area contributed by atoms with Gasteiger partial charge in [0.15, 0.2) is 0 Å². The molecule has 0 saturated carbocycles. The molecule has 0 fully saturated rings. The largest absolute Gasteiger partial charge is 0.371 e. The van der Waals surface area contributed by atoms with Crippen LogP contribution in [0.25, 0.3) is 0 Å². The van der Waals surface area contributed by atoms with Crippen molar-refractivity contribution in [2.45, 2.75) is 38.9 Å². The molecular weight excluding hydrogens is 310 g/mol. The molecule has 102 valence electrons. The number of rotatable bonds is 7. The summed E-state index contributed by atoms with van der Waals surface area (Å²) in [5.74, 6) is 0.767. The Bertz CT molecular complexity index is 364. The van der Waals surface area contributed by atoms with Crippen LogP contribution in [-0.2, 0) is 5.33 Å². The van der Waals surface area contributed by atoms with Crippen molar-refractivity contribution in [3.63, 3.8) is 0 Å². The van der Waals surface area contributed by atoms with E-state index in [1.807, 2.05) is 6.07 Å². The van der Waals surface area contributed by atoms with Crippen LogP contribution in [0.15, 0.2) is 18.2 Å². The number of anilines is 1. The topological polar surface area (TPSA) is 3.24 Å². The molecule has 0 amide bonds. The lowest BCUT2D eigenvalue weighted by Gasteiger charge is -2.29. The molecule has 0 spiro atoms.